The maximum absolute atomic E-state index is 13.2. The normalized spacial score (nSPS) is 20.8. The Labute approximate surface area is 212 Å². The predicted molar refractivity (Wildman–Crippen MR) is 126 cm³/mol. The fraction of sp³-hybridized carbons (Fsp3) is 0.333. The van der Waals surface area contributed by atoms with E-state index in [9.17, 15) is 22.8 Å². The van der Waals surface area contributed by atoms with Crippen molar-refractivity contribution in [3.63, 3.8) is 0 Å². The number of anilines is 2. The zero-order valence-corrected chi connectivity index (χ0v) is 20.5. The van der Waals surface area contributed by atoms with Crippen LogP contribution in [-0.2, 0) is 9.59 Å². The Hall–Kier alpha value is -1.38. The smallest absolute Gasteiger partial charge is 0.255 e. The van der Waals surface area contributed by atoms with E-state index in [1.807, 2.05) is 0 Å². The van der Waals surface area contributed by atoms with Crippen LogP contribution in [0.4, 0.5) is 24.5 Å². The van der Waals surface area contributed by atoms with E-state index in [4.69, 9.17) is 58.0 Å². The third-order valence-electron chi connectivity index (χ3n) is 5.34. The molecule has 1 saturated carbocycles. The van der Waals surface area contributed by atoms with Crippen molar-refractivity contribution in [1.82, 2.24) is 0 Å². The summed E-state index contributed by atoms with van der Waals surface area (Å²) in [6.45, 7) is -0.781. The van der Waals surface area contributed by atoms with Gasteiger partial charge in [0.2, 0.25) is 11.8 Å². The molecule has 1 fully saturated rings. The SMILES string of the molecule is CC(CF)(C(=O)Nc1cc(NC(=O)C2C(c3cc(Cl)cc(Cl)c3)C2(Cl)Cl)ccc1Cl)C(F)F. The van der Waals surface area contributed by atoms with Crippen LogP contribution in [-0.4, -0.2) is 29.2 Å². The van der Waals surface area contributed by atoms with E-state index in [-0.39, 0.29) is 16.4 Å². The van der Waals surface area contributed by atoms with Gasteiger partial charge < -0.3 is 10.6 Å². The minimum Gasteiger partial charge on any atom is -0.326 e. The van der Waals surface area contributed by atoms with Gasteiger partial charge in [-0.1, -0.05) is 34.8 Å². The van der Waals surface area contributed by atoms with Crippen molar-refractivity contribution in [2.45, 2.75) is 23.6 Å². The van der Waals surface area contributed by atoms with Gasteiger partial charge >= 0.3 is 0 Å². The lowest BCUT2D eigenvalue weighted by Gasteiger charge is -2.24. The van der Waals surface area contributed by atoms with Crippen LogP contribution in [0, 0.1) is 11.3 Å². The summed E-state index contributed by atoms with van der Waals surface area (Å²) in [5.74, 6) is -3.23. The Morgan fingerprint density at radius 2 is 1.67 bits per heavy atom. The number of carbonyl (C=O) groups excluding carboxylic acids is 2. The first-order valence-corrected chi connectivity index (χ1v) is 11.3. The van der Waals surface area contributed by atoms with Gasteiger partial charge in [-0.3, -0.25) is 9.59 Å². The highest BCUT2D eigenvalue weighted by molar-refractivity contribution is 6.53. The van der Waals surface area contributed by atoms with Crippen LogP contribution in [0.1, 0.15) is 18.4 Å². The molecule has 3 rings (SSSR count). The molecule has 178 valence electrons. The average molecular weight is 563 g/mol. The molecule has 2 aromatic carbocycles. The molecule has 1 aliphatic carbocycles. The van der Waals surface area contributed by atoms with Crippen LogP contribution in [0.2, 0.25) is 15.1 Å². The summed E-state index contributed by atoms with van der Waals surface area (Å²) in [6.07, 6.45) is -3.24. The zero-order chi connectivity index (χ0) is 24.7. The summed E-state index contributed by atoms with van der Waals surface area (Å²) in [5.41, 5.74) is -1.88. The first-order valence-electron chi connectivity index (χ1n) is 9.41. The second-order valence-electron chi connectivity index (χ2n) is 7.82. The molecule has 3 atom stereocenters. The molecule has 2 N–H and O–H groups in total. The first-order chi connectivity index (χ1) is 15.3. The Morgan fingerprint density at radius 3 is 2.21 bits per heavy atom. The summed E-state index contributed by atoms with van der Waals surface area (Å²) in [6, 6.07) is 8.74. The number of rotatable bonds is 7. The second kappa shape index (κ2) is 9.70. The van der Waals surface area contributed by atoms with Crippen molar-refractivity contribution in [2.75, 3.05) is 17.3 Å². The molecule has 0 bridgehead atoms. The molecular formula is C21H16Cl5F3N2O2. The molecule has 33 heavy (non-hydrogen) atoms. The van der Waals surface area contributed by atoms with Crippen molar-refractivity contribution in [2.24, 2.45) is 11.3 Å². The van der Waals surface area contributed by atoms with Crippen LogP contribution in [0.3, 0.4) is 0 Å². The number of carbonyl (C=O) groups is 2. The summed E-state index contributed by atoms with van der Waals surface area (Å²) in [7, 11) is 0. The molecular weight excluding hydrogens is 547 g/mol. The Kier molecular flexibility index (Phi) is 7.71. The van der Waals surface area contributed by atoms with E-state index in [2.05, 4.69) is 10.6 Å². The van der Waals surface area contributed by atoms with Gasteiger partial charge in [0.1, 0.15) is 16.4 Å². The fourth-order valence-electron chi connectivity index (χ4n) is 3.22. The molecule has 4 nitrogen and oxygen atoms in total. The van der Waals surface area contributed by atoms with Crippen LogP contribution < -0.4 is 10.6 Å². The summed E-state index contributed by atoms with van der Waals surface area (Å²) in [5, 5.41) is 5.49. The molecule has 0 spiro atoms. The van der Waals surface area contributed by atoms with Gasteiger partial charge in [0.25, 0.3) is 6.43 Å². The van der Waals surface area contributed by atoms with Gasteiger partial charge in [0.15, 0.2) is 0 Å². The van der Waals surface area contributed by atoms with Gasteiger partial charge in [-0.05, 0) is 48.9 Å². The Bertz CT molecular complexity index is 1080. The second-order valence-corrected chi connectivity index (χ2v) is 10.5. The minimum absolute atomic E-state index is 0.00118. The standard InChI is InChI=1S/C21H16Cl5F3N2O2/c1-20(8-27,18(28)29)19(33)31-14-7-12(2-3-13(14)24)30-17(32)16-15(21(16,25)26)9-4-10(22)6-11(23)5-9/h2-7,15-16,18H,8H2,1H3,(H,30,32)(H,31,33). The summed E-state index contributed by atoms with van der Waals surface area (Å²) >= 11 is 30.7. The molecule has 0 aliphatic heterocycles. The van der Waals surface area contributed by atoms with Gasteiger partial charge in [-0.15, -0.1) is 23.2 Å². The van der Waals surface area contributed by atoms with Gasteiger partial charge in [-0.2, -0.15) is 0 Å². The van der Waals surface area contributed by atoms with Crippen LogP contribution >= 0.6 is 58.0 Å². The molecule has 12 heteroatoms. The lowest BCUT2D eigenvalue weighted by atomic mass is 9.92. The lowest BCUT2D eigenvalue weighted by molar-refractivity contribution is -0.135. The third-order valence-corrected chi connectivity index (χ3v) is 7.05. The number of nitrogens with one attached hydrogen (secondary N) is 2. The number of hydrogen-bond donors (Lipinski definition) is 2. The molecule has 0 heterocycles. The Balaban J connectivity index is 1.78. The molecule has 0 aromatic heterocycles. The van der Waals surface area contributed by atoms with Crippen LogP contribution in [0.5, 0.6) is 0 Å². The highest BCUT2D eigenvalue weighted by atomic mass is 35.5. The van der Waals surface area contributed by atoms with E-state index in [0.29, 0.717) is 15.6 Å². The Morgan fingerprint density at radius 1 is 1.06 bits per heavy atom. The topological polar surface area (TPSA) is 58.2 Å². The van der Waals surface area contributed by atoms with Crippen LogP contribution in [0.25, 0.3) is 0 Å². The van der Waals surface area contributed by atoms with E-state index >= 15 is 0 Å². The molecule has 2 amide bonds. The molecule has 1 aliphatic rings. The van der Waals surface area contributed by atoms with Gasteiger partial charge in [0, 0.05) is 21.7 Å². The number of hydrogen-bond acceptors (Lipinski definition) is 2. The molecule has 3 unspecified atom stereocenters. The average Bonchev–Trinajstić information content (AvgIpc) is 3.31. The van der Waals surface area contributed by atoms with Crippen molar-refractivity contribution in [3.05, 3.63) is 57.0 Å². The summed E-state index contributed by atoms with van der Waals surface area (Å²) < 4.78 is 38.0. The third kappa shape index (κ3) is 5.33. The largest absolute Gasteiger partial charge is 0.326 e. The van der Waals surface area contributed by atoms with E-state index in [1.54, 1.807) is 12.1 Å². The zero-order valence-electron chi connectivity index (χ0n) is 16.7. The lowest BCUT2D eigenvalue weighted by Crippen LogP contribution is -2.41. The van der Waals surface area contributed by atoms with E-state index in [0.717, 1.165) is 6.92 Å². The minimum atomic E-state index is -3.24. The first kappa shape index (κ1) is 26.2. The van der Waals surface area contributed by atoms with Crippen molar-refractivity contribution in [1.29, 1.82) is 0 Å². The van der Waals surface area contributed by atoms with Crippen molar-refractivity contribution >= 4 is 81.2 Å². The number of alkyl halides is 5. The van der Waals surface area contributed by atoms with E-state index in [1.165, 1.54) is 24.3 Å². The van der Waals surface area contributed by atoms with Gasteiger partial charge in [0.05, 0.1) is 16.6 Å². The van der Waals surface area contributed by atoms with Crippen LogP contribution in [0.15, 0.2) is 36.4 Å². The maximum atomic E-state index is 13.2. The molecule has 2 aromatic rings. The number of benzene rings is 2. The number of halogens is 8. The molecule has 0 saturated heterocycles. The molecule has 0 radical (unpaired) electrons. The van der Waals surface area contributed by atoms with E-state index < -0.39 is 46.5 Å². The van der Waals surface area contributed by atoms with Crippen molar-refractivity contribution < 1.29 is 22.8 Å². The highest BCUT2D eigenvalue weighted by Gasteiger charge is 2.67. The highest BCUT2D eigenvalue weighted by Crippen LogP contribution is 2.65. The maximum Gasteiger partial charge on any atom is 0.255 e. The fourth-order valence-corrected chi connectivity index (χ4v) is 4.76. The van der Waals surface area contributed by atoms with Gasteiger partial charge in [-0.25, -0.2) is 13.2 Å². The monoisotopic (exact) mass is 560 g/mol. The predicted octanol–water partition coefficient (Wildman–Crippen LogP) is 7.35. The summed E-state index contributed by atoms with van der Waals surface area (Å²) in [4.78, 5) is 25.1. The number of amides is 2. The van der Waals surface area contributed by atoms with Crippen molar-refractivity contribution in [3.8, 4) is 0 Å². The quantitative estimate of drug-likeness (QED) is 0.347.